The number of allylic oxidation sites excluding steroid dienone is 12. The molecule has 0 aromatic carbocycles. The molecule has 0 unspecified atom stereocenters. The van der Waals surface area contributed by atoms with Crippen LogP contribution in [0.3, 0.4) is 0 Å². The molecule has 0 saturated heterocycles. The molecule has 0 aliphatic carbocycles. The van der Waals surface area contributed by atoms with Crippen LogP contribution in [-0.4, -0.2) is 48.0 Å². The van der Waals surface area contributed by atoms with Crippen molar-refractivity contribution >= 4 is 11.8 Å². The van der Waals surface area contributed by atoms with Gasteiger partial charge < -0.3 is 16.0 Å². The summed E-state index contributed by atoms with van der Waals surface area (Å²) >= 11 is 0. The van der Waals surface area contributed by atoms with Crippen molar-refractivity contribution in [3.63, 3.8) is 0 Å². The van der Waals surface area contributed by atoms with Crippen LogP contribution in [0.5, 0.6) is 0 Å². The van der Waals surface area contributed by atoms with E-state index in [1.807, 2.05) is 6.92 Å². The van der Waals surface area contributed by atoms with Gasteiger partial charge in [-0.1, -0.05) is 79.8 Å². The number of hydrogen-bond acceptors (Lipinski definition) is 5. The molecular formula is C32H47N5O2. The number of rotatable bonds is 21. The van der Waals surface area contributed by atoms with Gasteiger partial charge in [0.2, 0.25) is 5.91 Å². The summed E-state index contributed by atoms with van der Waals surface area (Å²) in [7, 11) is 0. The maximum Gasteiger partial charge on any atom is 0.271 e. The van der Waals surface area contributed by atoms with Crippen molar-refractivity contribution in [3.05, 3.63) is 96.7 Å². The van der Waals surface area contributed by atoms with E-state index in [-0.39, 0.29) is 11.8 Å². The molecule has 39 heavy (non-hydrogen) atoms. The smallest absolute Gasteiger partial charge is 0.271 e. The van der Waals surface area contributed by atoms with Crippen LogP contribution in [0.4, 0.5) is 0 Å². The highest BCUT2D eigenvalue weighted by molar-refractivity contribution is 5.91. The molecule has 0 saturated carbocycles. The van der Waals surface area contributed by atoms with E-state index in [0.29, 0.717) is 38.3 Å². The number of nitrogens with zero attached hydrogens (tertiary/aromatic N) is 2. The number of aryl methyl sites for hydroxylation is 1. The second-order valence-corrected chi connectivity index (χ2v) is 8.85. The molecule has 3 N–H and O–H groups in total. The van der Waals surface area contributed by atoms with E-state index in [1.165, 1.54) is 6.20 Å². The summed E-state index contributed by atoms with van der Waals surface area (Å²) in [6.45, 7) is 6.26. The Morgan fingerprint density at radius 1 is 0.667 bits per heavy atom. The van der Waals surface area contributed by atoms with Crippen molar-refractivity contribution in [2.75, 3.05) is 26.2 Å². The average molecular weight is 534 g/mol. The summed E-state index contributed by atoms with van der Waals surface area (Å²) in [6.07, 6.45) is 36.2. The van der Waals surface area contributed by atoms with Gasteiger partial charge in [-0.3, -0.25) is 14.6 Å². The van der Waals surface area contributed by atoms with Crippen molar-refractivity contribution in [1.82, 2.24) is 25.9 Å². The standard InChI is InChI=1S/C32H47N5O2/c1-3-4-5-6-7-8-9-10-11-12-13-14-15-16-17-18-19-20-21-22-31(38)34-25-23-33-24-26-35-32(39)30-28-36-29(2)27-37-30/h4-5,7-8,10-11,13-14,16-17,19-20,27-28,33H,3,6,9,12,15,18,21-26H2,1-2H3,(H,34,38)(H,35,39). The maximum atomic E-state index is 11.9. The minimum atomic E-state index is -0.244. The van der Waals surface area contributed by atoms with Crippen LogP contribution < -0.4 is 16.0 Å². The molecule has 7 heteroatoms. The first kappa shape index (κ1) is 33.4. The molecule has 2 amide bonds. The number of aromatic nitrogens is 2. The Morgan fingerprint density at radius 2 is 1.18 bits per heavy atom. The van der Waals surface area contributed by atoms with E-state index < -0.39 is 0 Å². The summed E-state index contributed by atoms with van der Waals surface area (Å²) in [6, 6.07) is 0. The quantitative estimate of drug-likeness (QED) is 0.139. The van der Waals surface area contributed by atoms with Gasteiger partial charge in [0, 0.05) is 38.8 Å². The molecule has 7 nitrogen and oxygen atoms in total. The highest BCUT2D eigenvalue weighted by Gasteiger charge is 2.06. The van der Waals surface area contributed by atoms with Crippen molar-refractivity contribution < 1.29 is 9.59 Å². The minimum Gasteiger partial charge on any atom is -0.355 e. The van der Waals surface area contributed by atoms with Crippen molar-refractivity contribution in [3.8, 4) is 0 Å². The second-order valence-electron chi connectivity index (χ2n) is 8.85. The Balaban J connectivity index is 1.92. The number of amides is 2. The van der Waals surface area contributed by atoms with E-state index in [9.17, 15) is 9.59 Å². The molecule has 0 atom stereocenters. The fourth-order valence-corrected chi connectivity index (χ4v) is 3.22. The second kappa shape index (κ2) is 24.7. The van der Waals surface area contributed by atoms with Gasteiger partial charge in [0.05, 0.1) is 11.9 Å². The van der Waals surface area contributed by atoms with Gasteiger partial charge in [0.25, 0.3) is 5.91 Å². The molecule has 0 spiro atoms. The SMILES string of the molecule is CCC=CCC=CCC=CCC=CCC=CCC=CCCC(=O)NCCNCCNC(=O)c1cnc(C)cn1. The highest BCUT2D eigenvalue weighted by atomic mass is 16.2. The Bertz CT molecular complexity index is 959. The molecule has 1 aromatic rings. The summed E-state index contributed by atoms with van der Waals surface area (Å²) in [4.78, 5) is 31.9. The van der Waals surface area contributed by atoms with Crippen molar-refractivity contribution in [1.29, 1.82) is 0 Å². The zero-order chi connectivity index (χ0) is 28.2. The molecule has 0 bridgehead atoms. The maximum absolute atomic E-state index is 11.9. The van der Waals surface area contributed by atoms with Gasteiger partial charge in [-0.05, 0) is 51.9 Å². The Kier molecular flexibility index (Phi) is 21.2. The highest BCUT2D eigenvalue weighted by Crippen LogP contribution is 1.98. The number of hydrogen-bond donors (Lipinski definition) is 3. The largest absolute Gasteiger partial charge is 0.355 e. The Morgan fingerprint density at radius 3 is 1.69 bits per heavy atom. The first-order valence-corrected chi connectivity index (χ1v) is 14.1. The van der Waals surface area contributed by atoms with E-state index in [4.69, 9.17) is 0 Å². The van der Waals surface area contributed by atoms with Crippen molar-refractivity contribution in [2.24, 2.45) is 0 Å². The third-order valence-corrected chi connectivity index (χ3v) is 5.36. The van der Waals surface area contributed by atoms with Crippen LogP contribution in [0.1, 0.15) is 74.5 Å². The fourth-order valence-electron chi connectivity index (χ4n) is 3.22. The summed E-state index contributed by atoms with van der Waals surface area (Å²) in [5.74, 6) is -0.199. The molecule has 1 heterocycles. The summed E-state index contributed by atoms with van der Waals surface area (Å²) < 4.78 is 0. The lowest BCUT2D eigenvalue weighted by atomic mass is 10.2. The zero-order valence-corrected chi connectivity index (χ0v) is 23.8. The minimum absolute atomic E-state index is 0.0441. The third-order valence-electron chi connectivity index (χ3n) is 5.36. The summed E-state index contributed by atoms with van der Waals surface area (Å²) in [5, 5.41) is 8.87. The Labute approximate surface area is 235 Å². The number of carbonyl (C=O) groups excluding carboxylic acids is 2. The monoisotopic (exact) mass is 533 g/mol. The van der Waals surface area contributed by atoms with Crippen LogP contribution >= 0.6 is 0 Å². The predicted octanol–water partition coefficient (Wildman–Crippen LogP) is 5.70. The molecule has 0 fully saturated rings. The van der Waals surface area contributed by atoms with Gasteiger partial charge in [-0.25, -0.2) is 4.98 Å². The van der Waals surface area contributed by atoms with E-state index in [1.54, 1.807) is 6.20 Å². The van der Waals surface area contributed by atoms with Crippen molar-refractivity contribution in [2.45, 2.75) is 65.2 Å². The van der Waals surface area contributed by atoms with Gasteiger partial charge >= 0.3 is 0 Å². The van der Waals surface area contributed by atoms with Crippen LogP contribution in [0.15, 0.2) is 85.3 Å². The number of nitrogens with one attached hydrogen (secondary N) is 3. The third kappa shape index (κ3) is 21.1. The molecule has 212 valence electrons. The topological polar surface area (TPSA) is 96.0 Å². The lowest BCUT2D eigenvalue weighted by molar-refractivity contribution is -0.120. The fraction of sp³-hybridized carbons (Fsp3) is 0.438. The van der Waals surface area contributed by atoms with Crippen LogP contribution in [-0.2, 0) is 4.79 Å². The molecule has 0 radical (unpaired) electrons. The lowest BCUT2D eigenvalue weighted by Gasteiger charge is -2.07. The first-order chi connectivity index (χ1) is 19.1. The Hall–Kier alpha value is -3.58. The lowest BCUT2D eigenvalue weighted by Crippen LogP contribution is -2.36. The molecule has 0 aliphatic rings. The van der Waals surface area contributed by atoms with Gasteiger partial charge in [0.15, 0.2) is 0 Å². The van der Waals surface area contributed by atoms with Crippen LogP contribution in [0.2, 0.25) is 0 Å². The first-order valence-electron chi connectivity index (χ1n) is 14.1. The van der Waals surface area contributed by atoms with Crippen LogP contribution in [0.25, 0.3) is 0 Å². The predicted molar refractivity (Wildman–Crippen MR) is 162 cm³/mol. The zero-order valence-electron chi connectivity index (χ0n) is 23.8. The molecular weight excluding hydrogens is 486 g/mol. The van der Waals surface area contributed by atoms with Crippen LogP contribution in [0, 0.1) is 6.92 Å². The van der Waals surface area contributed by atoms with E-state index in [0.717, 1.165) is 50.6 Å². The van der Waals surface area contributed by atoms with E-state index in [2.05, 4.69) is 106 Å². The average Bonchev–Trinajstić information content (AvgIpc) is 2.94. The van der Waals surface area contributed by atoms with E-state index >= 15 is 0 Å². The number of carbonyl (C=O) groups is 2. The molecule has 1 rings (SSSR count). The normalized spacial score (nSPS) is 12.3. The molecule has 1 aromatic heterocycles. The molecule has 0 aliphatic heterocycles. The summed E-state index contributed by atoms with van der Waals surface area (Å²) in [5.41, 5.74) is 1.08. The van der Waals surface area contributed by atoms with Gasteiger partial charge in [0.1, 0.15) is 5.69 Å². The van der Waals surface area contributed by atoms with Gasteiger partial charge in [-0.15, -0.1) is 0 Å². The van der Waals surface area contributed by atoms with Gasteiger partial charge in [-0.2, -0.15) is 0 Å².